The van der Waals surface area contributed by atoms with Gasteiger partial charge >= 0.3 is 0 Å². The van der Waals surface area contributed by atoms with Gasteiger partial charge in [0, 0.05) is 30.9 Å². The molecular weight excluding hydrogens is 220 g/mol. The minimum absolute atomic E-state index is 0.638. The van der Waals surface area contributed by atoms with Gasteiger partial charge in [0.2, 0.25) is 0 Å². The summed E-state index contributed by atoms with van der Waals surface area (Å²) in [4.78, 5) is 2.59. The van der Waals surface area contributed by atoms with Gasteiger partial charge in [0.05, 0.1) is 0 Å². The van der Waals surface area contributed by atoms with Crippen LogP contribution in [0.25, 0.3) is 0 Å². The molecule has 100 valence electrons. The Bertz CT molecular complexity index is 358. The van der Waals surface area contributed by atoms with E-state index in [-0.39, 0.29) is 0 Å². The zero-order chi connectivity index (χ0) is 13.0. The Balaban J connectivity index is 2.15. The monoisotopic (exact) mass is 246 g/mol. The first-order valence-electron chi connectivity index (χ1n) is 7.37. The van der Waals surface area contributed by atoms with Crippen LogP contribution in [0, 0.1) is 0 Å². The molecule has 2 heteroatoms. The van der Waals surface area contributed by atoms with Crippen LogP contribution in [0.3, 0.4) is 0 Å². The molecule has 0 spiro atoms. The summed E-state index contributed by atoms with van der Waals surface area (Å²) in [5.41, 5.74) is 2.81. The zero-order valence-corrected chi connectivity index (χ0v) is 11.9. The molecule has 2 nitrogen and oxygen atoms in total. The SMILES string of the molecule is CCc1ccc(N2CC(CC)NCC2CC)cc1. The lowest BCUT2D eigenvalue weighted by molar-refractivity contribution is 0.379. The number of hydrogen-bond acceptors (Lipinski definition) is 2. The van der Waals surface area contributed by atoms with Crippen molar-refractivity contribution in [1.29, 1.82) is 0 Å². The first-order valence-corrected chi connectivity index (χ1v) is 7.37. The highest BCUT2D eigenvalue weighted by molar-refractivity contribution is 5.49. The van der Waals surface area contributed by atoms with E-state index in [4.69, 9.17) is 0 Å². The highest BCUT2D eigenvalue weighted by Gasteiger charge is 2.25. The molecule has 0 amide bonds. The van der Waals surface area contributed by atoms with Gasteiger partial charge in [0.25, 0.3) is 0 Å². The molecule has 18 heavy (non-hydrogen) atoms. The summed E-state index contributed by atoms with van der Waals surface area (Å²) in [6.07, 6.45) is 3.54. The van der Waals surface area contributed by atoms with Gasteiger partial charge in [-0.2, -0.15) is 0 Å². The Hall–Kier alpha value is -1.02. The average Bonchev–Trinajstić information content (AvgIpc) is 2.46. The molecule has 0 aliphatic carbocycles. The third-order valence-corrected chi connectivity index (χ3v) is 4.14. The Morgan fingerprint density at radius 1 is 1.11 bits per heavy atom. The van der Waals surface area contributed by atoms with Crippen LogP contribution in [0.5, 0.6) is 0 Å². The van der Waals surface area contributed by atoms with Crippen molar-refractivity contribution in [1.82, 2.24) is 5.32 Å². The number of rotatable bonds is 4. The first kappa shape index (κ1) is 13.4. The summed E-state index contributed by atoms with van der Waals surface area (Å²) in [6.45, 7) is 9.02. The van der Waals surface area contributed by atoms with Gasteiger partial charge in [-0.25, -0.2) is 0 Å². The number of nitrogens with one attached hydrogen (secondary N) is 1. The minimum Gasteiger partial charge on any atom is -0.366 e. The van der Waals surface area contributed by atoms with Gasteiger partial charge in [0.1, 0.15) is 0 Å². The van der Waals surface area contributed by atoms with Crippen molar-refractivity contribution in [2.45, 2.75) is 52.1 Å². The summed E-state index contributed by atoms with van der Waals surface area (Å²) in [7, 11) is 0. The lowest BCUT2D eigenvalue weighted by Crippen LogP contribution is -2.56. The maximum Gasteiger partial charge on any atom is 0.0412 e. The van der Waals surface area contributed by atoms with Crippen molar-refractivity contribution in [3.05, 3.63) is 29.8 Å². The number of hydrogen-bond donors (Lipinski definition) is 1. The number of piperazine rings is 1. The molecule has 0 aromatic heterocycles. The molecule has 1 aliphatic rings. The van der Waals surface area contributed by atoms with Crippen LogP contribution in [0.15, 0.2) is 24.3 Å². The van der Waals surface area contributed by atoms with E-state index in [0.717, 1.165) is 19.5 Å². The fourth-order valence-corrected chi connectivity index (χ4v) is 2.74. The fraction of sp³-hybridized carbons (Fsp3) is 0.625. The van der Waals surface area contributed by atoms with Crippen LogP contribution in [0.1, 0.15) is 39.2 Å². The molecule has 1 aliphatic heterocycles. The van der Waals surface area contributed by atoms with E-state index in [1.54, 1.807) is 0 Å². The molecule has 0 radical (unpaired) electrons. The van der Waals surface area contributed by atoms with Crippen molar-refractivity contribution >= 4 is 5.69 Å². The van der Waals surface area contributed by atoms with Gasteiger partial charge in [-0.1, -0.05) is 32.9 Å². The molecule has 1 aromatic rings. The van der Waals surface area contributed by atoms with E-state index in [2.05, 4.69) is 55.3 Å². The average molecular weight is 246 g/mol. The lowest BCUT2D eigenvalue weighted by atomic mass is 10.0. The van der Waals surface area contributed by atoms with Crippen LogP contribution in [0.4, 0.5) is 5.69 Å². The molecule has 0 saturated carbocycles. The van der Waals surface area contributed by atoms with Gasteiger partial charge < -0.3 is 10.2 Å². The molecule has 1 aromatic carbocycles. The molecule has 1 fully saturated rings. The van der Waals surface area contributed by atoms with E-state index < -0.39 is 0 Å². The van der Waals surface area contributed by atoms with E-state index in [0.29, 0.717) is 12.1 Å². The standard InChI is InChI=1S/C16H26N2/c1-4-13-7-9-16(10-8-13)18-12-14(5-2)17-11-15(18)6-3/h7-10,14-15,17H,4-6,11-12H2,1-3H3. The number of benzene rings is 1. The normalized spacial score (nSPS) is 24.3. The summed E-state index contributed by atoms with van der Waals surface area (Å²) in [5.74, 6) is 0. The zero-order valence-electron chi connectivity index (χ0n) is 11.9. The molecule has 1 saturated heterocycles. The lowest BCUT2D eigenvalue weighted by Gasteiger charge is -2.41. The minimum atomic E-state index is 0.638. The van der Waals surface area contributed by atoms with Crippen molar-refractivity contribution in [3.8, 4) is 0 Å². The second kappa shape index (κ2) is 6.24. The maximum absolute atomic E-state index is 3.65. The maximum atomic E-state index is 3.65. The smallest absolute Gasteiger partial charge is 0.0412 e. The molecular formula is C16H26N2. The van der Waals surface area contributed by atoms with E-state index >= 15 is 0 Å². The molecule has 1 heterocycles. The Kier molecular flexibility index (Phi) is 4.65. The Morgan fingerprint density at radius 3 is 2.39 bits per heavy atom. The number of anilines is 1. The quantitative estimate of drug-likeness (QED) is 0.877. The summed E-state index contributed by atoms with van der Waals surface area (Å²) >= 11 is 0. The molecule has 2 rings (SSSR count). The van der Waals surface area contributed by atoms with Crippen LogP contribution >= 0.6 is 0 Å². The Labute approximate surface area is 111 Å². The largest absolute Gasteiger partial charge is 0.366 e. The first-order chi connectivity index (χ1) is 8.78. The second-order valence-electron chi connectivity index (χ2n) is 5.25. The third kappa shape index (κ3) is 2.86. The highest BCUT2D eigenvalue weighted by atomic mass is 15.2. The van der Waals surface area contributed by atoms with Gasteiger partial charge in [-0.3, -0.25) is 0 Å². The number of aryl methyl sites for hydroxylation is 1. The van der Waals surface area contributed by atoms with Crippen LogP contribution in [0.2, 0.25) is 0 Å². The van der Waals surface area contributed by atoms with E-state index in [1.807, 2.05) is 0 Å². The molecule has 2 unspecified atom stereocenters. The van der Waals surface area contributed by atoms with Crippen molar-refractivity contribution in [2.75, 3.05) is 18.0 Å². The van der Waals surface area contributed by atoms with Gasteiger partial charge in [0.15, 0.2) is 0 Å². The van der Waals surface area contributed by atoms with Gasteiger partial charge in [-0.15, -0.1) is 0 Å². The predicted molar refractivity (Wildman–Crippen MR) is 79.3 cm³/mol. The number of nitrogens with zero attached hydrogens (tertiary/aromatic N) is 1. The van der Waals surface area contributed by atoms with Crippen LogP contribution < -0.4 is 10.2 Å². The highest BCUT2D eigenvalue weighted by Crippen LogP contribution is 2.22. The van der Waals surface area contributed by atoms with Crippen molar-refractivity contribution in [3.63, 3.8) is 0 Å². The third-order valence-electron chi connectivity index (χ3n) is 4.14. The van der Waals surface area contributed by atoms with E-state index in [1.165, 1.54) is 24.1 Å². The summed E-state index contributed by atoms with van der Waals surface area (Å²) in [5, 5.41) is 3.65. The van der Waals surface area contributed by atoms with E-state index in [9.17, 15) is 0 Å². The predicted octanol–water partition coefficient (Wildman–Crippen LogP) is 3.22. The molecule has 2 atom stereocenters. The summed E-state index contributed by atoms with van der Waals surface area (Å²) < 4.78 is 0. The topological polar surface area (TPSA) is 15.3 Å². The molecule has 0 bridgehead atoms. The fourth-order valence-electron chi connectivity index (χ4n) is 2.74. The summed E-state index contributed by atoms with van der Waals surface area (Å²) in [6, 6.07) is 10.4. The van der Waals surface area contributed by atoms with Crippen molar-refractivity contribution < 1.29 is 0 Å². The Morgan fingerprint density at radius 2 is 1.83 bits per heavy atom. The van der Waals surface area contributed by atoms with Crippen molar-refractivity contribution in [2.24, 2.45) is 0 Å². The van der Waals surface area contributed by atoms with Gasteiger partial charge in [-0.05, 0) is 37.0 Å². The molecule has 1 N–H and O–H groups in total. The van der Waals surface area contributed by atoms with Crippen LogP contribution in [-0.4, -0.2) is 25.2 Å². The second-order valence-corrected chi connectivity index (χ2v) is 5.25. The van der Waals surface area contributed by atoms with Crippen LogP contribution in [-0.2, 0) is 6.42 Å².